The summed E-state index contributed by atoms with van der Waals surface area (Å²) < 4.78 is 26.9. The van der Waals surface area contributed by atoms with Crippen molar-refractivity contribution in [2.75, 3.05) is 19.0 Å². The van der Waals surface area contributed by atoms with Crippen LogP contribution in [0.5, 0.6) is 11.5 Å². The van der Waals surface area contributed by atoms with E-state index in [1.807, 2.05) is 79.9 Å². The van der Waals surface area contributed by atoms with Gasteiger partial charge in [0.05, 0.1) is 31.0 Å². The van der Waals surface area contributed by atoms with Crippen LogP contribution in [0.15, 0.2) is 72.1 Å². The number of nitrogens with one attached hydrogen (secondary N) is 3. The van der Waals surface area contributed by atoms with Gasteiger partial charge >= 0.3 is 0 Å². The van der Waals surface area contributed by atoms with Gasteiger partial charge in [-0.3, -0.25) is 18.9 Å². The lowest BCUT2D eigenvalue weighted by atomic mass is 10.0. The Morgan fingerprint density at radius 2 is 1.82 bits per heavy atom. The molecule has 3 amide bonds. The maximum atomic E-state index is 14.9. The number of benzene rings is 2. The Balaban J connectivity index is 1.13. The van der Waals surface area contributed by atoms with Crippen molar-refractivity contribution in [1.82, 2.24) is 25.5 Å². The number of methoxy groups -OCH3 is 1. The van der Waals surface area contributed by atoms with Crippen molar-refractivity contribution < 1.29 is 33.3 Å². The van der Waals surface area contributed by atoms with Gasteiger partial charge in [0.2, 0.25) is 25.1 Å². The highest BCUT2D eigenvalue weighted by molar-refractivity contribution is 7.59. The normalized spacial score (nSPS) is 26.1. The number of thiazole rings is 1. The van der Waals surface area contributed by atoms with E-state index in [-0.39, 0.29) is 42.9 Å². The fraction of sp³-hybridized carbons (Fsp3) is 0.511. The number of hydrogen-bond acceptors (Lipinski definition) is 10. The molecule has 2 saturated carbocycles. The van der Waals surface area contributed by atoms with E-state index in [1.54, 1.807) is 7.11 Å². The number of carbonyl (C=O) groups is 3. The van der Waals surface area contributed by atoms with Crippen molar-refractivity contribution in [3.8, 4) is 22.9 Å². The van der Waals surface area contributed by atoms with Crippen LogP contribution < -0.4 is 25.4 Å². The third-order valence-electron chi connectivity index (χ3n) is 12.8. The molecule has 8 rings (SSSR count). The standard InChI is InChI=1S/C47H59N6O7PS/c1-30(2)48-46-51-40(29-62-46)39-25-42(36-21-20-34(59-3)23-38(36)49-39)60-35-24-41-44(55)52-47(61(57,58)28-32-16-8-7-9-17-32)26-33(47)18-10-5-4-6-11-19-37(45(56)53(41)27-35)50-43(54)22-31-14-12-13-15-31/h7-10,16-18,20-21,23,25,29-31,33,35,37,41H,4-6,11-15,19,22,24,26-28H2,1-3H3,(H,48,51)(H,50,54)(H,52,55)(H,57,58)/b18-10-/t33-,35-,37+,41+,47+/m1/s1. The molecule has 15 heteroatoms. The van der Waals surface area contributed by atoms with Crippen LogP contribution in [0.2, 0.25) is 0 Å². The van der Waals surface area contributed by atoms with Gasteiger partial charge in [-0.2, -0.15) is 0 Å². The Kier molecular flexibility index (Phi) is 13.4. The smallest absolute Gasteiger partial charge is 0.245 e. The third kappa shape index (κ3) is 9.87. The highest BCUT2D eigenvalue weighted by Gasteiger charge is 2.66. The SMILES string of the molecule is COc1ccc2c(O[C@@H]3C[C@H]4C(=O)N[C@]5(P(=O)(O)Cc6ccccc6)C[C@H]5/C=C\CCCCC[C@H](NC(=O)CC5CCCC5)C(=O)N4C3)cc(-c3csc(NC(C)C)n3)nc2c1. The first kappa shape index (κ1) is 43.9. The monoisotopic (exact) mass is 882 g/mol. The number of fused-ring (bicyclic) bond motifs is 3. The van der Waals surface area contributed by atoms with E-state index in [2.05, 4.69) is 22.0 Å². The lowest BCUT2D eigenvalue weighted by Crippen LogP contribution is -2.55. The Labute approximate surface area is 367 Å². The molecule has 2 aliphatic heterocycles. The first-order valence-corrected chi connectivity index (χ1v) is 25.0. The van der Waals surface area contributed by atoms with Crippen molar-refractivity contribution in [1.29, 1.82) is 0 Å². The molecule has 13 nitrogen and oxygen atoms in total. The molecule has 4 aliphatic rings. The summed E-state index contributed by atoms with van der Waals surface area (Å²) in [6.45, 7) is 4.17. The van der Waals surface area contributed by atoms with Gasteiger partial charge in [-0.05, 0) is 76.0 Å². The molecule has 1 unspecified atom stereocenters. The minimum absolute atomic E-state index is 0.0670. The summed E-state index contributed by atoms with van der Waals surface area (Å²) in [6, 6.07) is 14.9. The van der Waals surface area contributed by atoms with Gasteiger partial charge in [0.15, 0.2) is 5.13 Å². The summed E-state index contributed by atoms with van der Waals surface area (Å²) in [5.41, 5.74) is 2.59. The zero-order valence-corrected chi connectivity index (χ0v) is 37.6. The fourth-order valence-corrected chi connectivity index (χ4v) is 12.6. The van der Waals surface area contributed by atoms with E-state index < -0.39 is 36.7 Å². The highest BCUT2D eigenvalue weighted by atomic mass is 32.1. The minimum atomic E-state index is -4.04. The summed E-state index contributed by atoms with van der Waals surface area (Å²) in [5.74, 6) is 0.0953. The molecule has 4 heterocycles. The van der Waals surface area contributed by atoms with Gasteiger partial charge in [-0.1, -0.05) is 68.2 Å². The average molecular weight is 883 g/mol. The van der Waals surface area contributed by atoms with Crippen molar-refractivity contribution in [2.24, 2.45) is 11.8 Å². The summed E-state index contributed by atoms with van der Waals surface area (Å²) in [7, 11) is -2.45. The van der Waals surface area contributed by atoms with E-state index in [4.69, 9.17) is 19.4 Å². The maximum absolute atomic E-state index is 14.9. The van der Waals surface area contributed by atoms with E-state index in [0.29, 0.717) is 59.1 Å². The molecule has 2 aromatic heterocycles. The molecule has 0 bridgehead atoms. The second kappa shape index (κ2) is 18.9. The fourth-order valence-electron chi connectivity index (χ4n) is 9.43. The van der Waals surface area contributed by atoms with Gasteiger partial charge in [0.1, 0.15) is 40.7 Å². The number of anilines is 1. The lowest BCUT2D eigenvalue weighted by molar-refractivity contribution is -0.142. The van der Waals surface area contributed by atoms with Crippen LogP contribution in [-0.4, -0.2) is 80.6 Å². The maximum Gasteiger partial charge on any atom is 0.245 e. The van der Waals surface area contributed by atoms with Crippen molar-refractivity contribution >= 4 is 52.5 Å². The molecule has 0 radical (unpaired) electrons. The van der Waals surface area contributed by atoms with Gasteiger partial charge in [-0.15, -0.1) is 11.3 Å². The molecule has 0 spiro atoms. The largest absolute Gasteiger partial charge is 0.497 e. The molecule has 330 valence electrons. The van der Waals surface area contributed by atoms with Crippen LogP contribution in [0.4, 0.5) is 5.13 Å². The summed E-state index contributed by atoms with van der Waals surface area (Å²) in [6.07, 6.45) is 12.0. The number of carbonyl (C=O) groups excluding carboxylic acids is 3. The van der Waals surface area contributed by atoms with Crippen LogP contribution in [0.25, 0.3) is 22.3 Å². The molecule has 4 aromatic rings. The van der Waals surface area contributed by atoms with E-state index in [1.165, 1.54) is 16.2 Å². The van der Waals surface area contributed by atoms with Crippen molar-refractivity contribution in [2.45, 2.75) is 127 Å². The number of rotatable bonds is 12. The van der Waals surface area contributed by atoms with Gasteiger partial charge in [0, 0.05) is 47.7 Å². The second-order valence-electron chi connectivity index (χ2n) is 17.8. The summed E-state index contributed by atoms with van der Waals surface area (Å²) in [5, 5.41) is 11.6. The Morgan fingerprint density at radius 1 is 1.03 bits per heavy atom. The molecule has 62 heavy (non-hydrogen) atoms. The van der Waals surface area contributed by atoms with Crippen molar-refractivity contribution in [3.05, 3.63) is 77.7 Å². The predicted octanol–water partition coefficient (Wildman–Crippen LogP) is 8.42. The number of nitrogens with zero attached hydrogens (tertiary/aromatic N) is 3. The number of allylic oxidation sites excluding steroid dienone is 1. The number of hydrogen-bond donors (Lipinski definition) is 4. The number of amides is 3. The Morgan fingerprint density at radius 3 is 2.60 bits per heavy atom. The van der Waals surface area contributed by atoms with E-state index in [9.17, 15) is 23.8 Å². The van der Waals surface area contributed by atoms with E-state index in [0.717, 1.165) is 61.9 Å². The van der Waals surface area contributed by atoms with E-state index >= 15 is 0 Å². The third-order valence-corrected chi connectivity index (χ3v) is 16.2. The molecule has 2 aromatic carbocycles. The Bertz CT molecular complexity index is 2330. The first-order valence-electron chi connectivity index (χ1n) is 22.2. The molecule has 3 fully saturated rings. The molecule has 4 N–H and O–H groups in total. The lowest BCUT2D eigenvalue weighted by Gasteiger charge is -2.31. The zero-order chi connectivity index (χ0) is 43.4. The van der Waals surface area contributed by atoms with Crippen molar-refractivity contribution in [3.63, 3.8) is 0 Å². The van der Waals surface area contributed by atoms with Crippen LogP contribution in [0.1, 0.15) is 96.5 Å². The van der Waals surface area contributed by atoms with Crippen LogP contribution in [0.3, 0.4) is 0 Å². The van der Waals surface area contributed by atoms with Crippen LogP contribution in [-0.2, 0) is 25.1 Å². The van der Waals surface area contributed by atoms with Crippen LogP contribution in [0, 0.1) is 11.8 Å². The number of pyridine rings is 1. The zero-order valence-electron chi connectivity index (χ0n) is 35.9. The minimum Gasteiger partial charge on any atom is -0.497 e. The van der Waals surface area contributed by atoms with Gasteiger partial charge < -0.3 is 35.2 Å². The molecular weight excluding hydrogens is 824 g/mol. The topological polar surface area (TPSA) is 172 Å². The predicted molar refractivity (Wildman–Crippen MR) is 242 cm³/mol. The molecule has 6 atom stereocenters. The highest BCUT2D eigenvalue weighted by Crippen LogP contribution is 2.71. The number of aromatic nitrogens is 2. The van der Waals surface area contributed by atoms with Gasteiger partial charge in [0.25, 0.3) is 0 Å². The first-order chi connectivity index (χ1) is 29.9. The average Bonchev–Trinajstić information content (AvgIpc) is 3.66. The number of ether oxygens (including phenoxy) is 2. The summed E-state index contributed by atoms with van der Waals surface area (Å²) >= 11 is 1.48. The molecular formula is C47H59N6O7PS. The summed E-state index contributed by atoms with van der Waals surface area (Å²) in [4.78, 5) is 66.5. The Hall–Kier alpha value is -4.78. The van der Waals surface area contributed by atoms with Gasteiger partial charge in [-0.25, -0.2) is 9.97 Å². The molecule has 1 saturated heterocycles. The second-order valence-corrected chi connectivity index (χ2v) is 21.2. The van der Waals surface area contributed by atoms with Crippen LogP contribution >= 0.6 is 18.7 Å². The molecule has 2 aliphatic carbocycles. The quantitative estimate of drug-likeness (QED) is 0.0800.